The van der Waals surface area contributed by atoms with Gasteiger partial charge in [-0.3, -0.25) is 0 Å². The Bertz CT molecular complexity index is 553. The minimum Gasteiger partial charge on any atom is -0.379 e. The summed E-state index contributed by atoms with van der Waals surface area (Å²) in [5.74, 6) is 0.600. The van der Waals surface area contributed by atoms with Crippen molar-refractivity contribution < 1.29 is 17.7 Å². The molecule has 1 saturated heterocycles. The molecule has 0 saturated carbocycles. The van der Waals surface area contributed by atoms with Crippen LogP contribution in [0.2, 0.25) is 0 Å². The van der Waals surface area contributed by atoms with Gasteiger partial charge in [0.25, 0.3) is 0 Å². The summed E-state index contributed by atoms with van der Waals surface area (Å²) in [4.78, 5) is 4.19. The molecule has 2 N–H and O–H groups in total. The summed E-state index contributed by atoms with van der Waals surface area (Å²) in [5.41, 5.74) is 5.18. The molecule has 2 heterocycles. The van der Waals surface area contributed by atoms with Gasteiger partial charge < -0.3 is 15.0 Å². The van der Waals surface area contributed by atoms with E-state index in [2.05, 4.69) is 10.1 Å². The van der Waals surface area contributed by atoms with Gasteiger partial charge in [0.05, 0.1) is 12.4 Å². The normalized spacial score (nSPS) is 25.2. The third kappa shape index (κ3) is 3.18. The Balaban J connectivity index is 2.20. The molecule has 2 atom stereocenters. The average molecular weight is 303 g/mol. The van der Waals surface area contributed by atoms with Crippen LogP contribution in [-0.2, 0) is 20.1 Å². The molecule has 1 fully saturated rings. The van der Waals surface area contributed by atoms with Gasteiger partial charge in [0.15, 0.2) is 15.7 Å². The van der Waals surface area contributed by atoms with Crippen molar-refractivity contribution >= 4 is 9.84 Å². The van der Waals surface area contributed by atoms with Gasteiger partial charge in [-0.15, -0.1) is 0 Å². The molecule has 8 heteroatoms. The summed E-state index contributed by atoms with van der Waals surface area (Å²) in [6, 6.07) is 0. The fraction of sp³-hybridized carbons (Fsp3) is 0.833. The lowest BCUT2D eigenvalue weighted by Gasteiger charge is -2.20. The van der Waals surface area contributed by atoms with E-state index in [9.17, 15) is 8.42 Å². The molecular weight excluding hydrogens is 282 g/mol. The third-order valence-corrected chi connectivity index (χ3v) is 5.57. The number of sulfone groups is 1. The standard InChI is InChI=1S/C12H21N3O4S/c1-3-18-8-12(2,13)11-14-10(19-15-11)9-6-4-5-7-20(9,16)17/h9H,3-8,13H2,1-2H3. The molecule has 1 aliphatic heterocycles. The summed E-state index contributed by atoms with van der Waals surface area (Å²) in [5, 5.41) is 3.13. The molecule has 0 spiro atoms. The fourth-order valence-electron chi connectivity index (χ4n) is 2.21. The van der Waals surface area contributed by atoms with Crippen molar-refractivity contribution in [3.05, 3.63) is 11.7 Å². The largest absolute Gasteiger partial charge is 0.379 e. The minimum atomic E-state index is -3.19. The van der Waals surface area contributed by atoms with Crippen LogP contribution < -0.4 is 5.73 Å². The highest BCUT2D eigenvalue weighted by Crippen LogP contribution is 2.33. The first-order chi connectivity index (χ1) is 9.37. The van der Waals surface area contributed by atoms with E-state index in [1.807, 2.05) is 6.92 Å². The van der Waals surface area contributed by atoms with Crippen molar-refractivity contribution in [1.29, 1.82) is 0 Å². The molecule has 2 rings (SSSR count). The van der Waals surface area contributed by atoms with Crippen LogP contribution in [0, 0.1) is 0 Å². The van der Waals surface area contributed by atoms with Crippen LogP contribution in [0.3, 0.4) is 0 Å². The fourth-order valence-corrected chi connectivity index (χ4v) is 4.03. The highest BCUT2D eigenvalue weighted by Gasteiger charge is 2.36. The first-order valence-electron chi connectivity index (χ1n) is 6.79. The molecule has 0 amide bonds. The second-order valence-electron chi connectivity index (χ2n) is 5.36. The van der Waals surface area contributed by atoms with Crippen LogP contribution in [0.5, 0.6) is 0 Å². The number of nitrogens with zero attached hydrogens (tertiary/aromatic N) is 2. The molecule has 1 aliphatic rings. The van der Waals surface area contributed by atoms with Gasteiger partial charge in [-0.1, -0.05) is 11.6 Å². The summed E-state index contributed by atoms with van der Waals surface area (Å²) in [6.07, 6.45) is 2.07. The molecule has 0 aliphatic carbocycles. The monoisotopic (exact) mass is 303 g/mol. The molecule has 2 unspecified atom stereocenters. The average Bonchev–Trinajstić information content (AvgIpc) is 2.86. The predicted molar refractivity (Wildman–Crippen MR) is 72.7 cm³/mol. The zero-order valence-corrected chi connectivity index (χ0v) is 12.6. The van der Waals surface area contributed by atoms with E-state index >= 15 is 0 Å². The predicted octanol–water partition coefficient (Wildman–Crippen LogP) is 0.920. The van der Waals surface area contributed by atoms with Crippen molar-refractivity contribution in [3.63, 3.8) is 0 Å². The topological polar surface area (TPSA) is 108 Å². The highest BCUT2D eigenvalue weighted by atomic mass is 32.2. The Morgan fingerprint density at radius 2 is 2.25 bits per heavy atom. The zero-order chi connectivity index (χ0) is 14.8. The lowest BCUT2D eigenvalue weighted by atomic mass is 10.1. The van der Waals surface area contributed by atoms with E-state index in [4.69, 9.17) is 15.0 Å². The first kappa shape index (κ1) is 15.4. The molecule has 0 aromatic carbocycles. The molecule has 114 valence electrons. The Morgan fingerprint density at radius 3 is 2.90 bits per heavy atom. The SMILES string of the molecule is CCOCC(C)(N)c1noc(C2CCCCS2(=O)=O)n1. The molecule has 7 nitrogen and oxygen atoms in total. The van der Waals surface area contributed by atoms with Crippen LogP contribution in [0.15, 0.2) is 4.52 Å². The Kier molecular flexibility index (Phi) is 4.46. The van der Waals surface area contributed by atoms with Gasteiger partial charge in [0, 0.05) is 6.61 Å². The second-order valence-corrected chi connectivity index (χ2v) is 7.67. The molecular formula is C12H21N3O4S. The van der Waals surface area contributed by atoms with Crippen LogP contribution in [0.4, 0.5) is 0 Å². The van der Waals surface area contributed by atoms with Crippen LogP contribution >= 0.6 is 0 Å². The Hall–Kier alpha value is -0.990. The lowest BCUT2D eigenvalue weighted by Crippen LogP contribution is -2.39. The van der Waals surface area contributed by atoms with Gasteiger partial charge >= 0.3 is 0 Å². The van der Waals surface area contributed by atoms with Crippen molar-refractivity contribution in [2.45, 2.75) is 43.9 Å². The van der Waals surface area contributed by atoms with E-state index in [0.29, 0.717) is 19.4 Å². The maximum absolute atomic E-state index is 12.0. The lowest BCUT2D eigenvalue weighted by molar-refractivity contribution is 0.0962. The summed E-state index contributed by atoms with van der Waals surface area (Å²) < 4.78 is 34.5. The van der Waals surface area contributed by atoms with Crippen molar-refractivity contribution in [1.82, 2.24) is 10.1 Å². The maximum atomic E-state index is 12.0. The summed E-state index contributed by atoms with van der Waals surface area (Å²) >= 11 is 0. The molecule has 1 aromatic rings. The molecule has 0 bridgehead atoms. The molecule has 0 radical (unpaired) electrons. The van der Waals surface area contributed by atoms with Gasteiger partial charge in [-0.05, 0) is 26.7 Å². The summed E-state index contributed by atoms with van der Waals surface area (Å²) in [6.45, 7) is 4.38. The highest BCUT2D eigenvalue weighted by molar-refractivity contribution is 7.91. The number of nitrogens with two attached hydrogens (primary N) is 1. The molecule has 20 heavy (non-hydrogen) atoms. The number of hydrogen-bond donors (Lipinski definition) is 1. The van der Waals surface area contributed by atoms with E-state index in [1.54, 1.807) is 6.92 Å². The minimum absolute atomic E-state index is 0.146. The van der Waals surface area contributed by atoms with Gasteiger partial charge in [0.1, 0.15) is 10.8 Å². The Labute approximate surface area is 118 Å². The smallest absolute Gasteiger partial charge is 0.245 e. The van der Waals surface area contributed by atoms with E-state index in [1.165, 1.54) is 0 Å². The third-order valence-electron chi connectivity index (χ3n) is 3.41. The number of aromatic nitrogens is 2. The van der Waals surface area contributed by atoms with Gasteiger partial charge in [0.2, 0.25) is 5.89 Å². The second kappa shape index (κ2) is 5.79. The van der Waals surface area contributed by atoms with Gasteiger partial charge in [-0.25, -0.2) is 8.42 Å². The van der Waals surface area contributed by atoms with Crippen molar-refractivity contribution in [2.75, 3.05) is 19.0 Å². The van der Waals surface area contributed by atoms with E-state index in [0.717, 1.165) is 6.42 Å². The van der Waals surface area contributed by atoms with Gasteiger partial charge in [-0.2, -0.15) is 4.98 Å². The van der Waals surface area contributed by atoms with E-state index in [-0.39, 0.29) is 24.1 Å². The Morgan fingerprint density at radius 1 is 1.50 bits per heavy atom. The van der Waals surface area contributed by atoms with E-state index < -0.39 is 20.6 Å². The maximum Gasteiger partial charge on any atom is 0.245 e. The number of ether oxygens (including phenoxy) is 1. The zero-order valence-electron chi connectivity index (χ0n) is 11.8. The molecule has 1 aromatic heterocycles. The number of hydrogen-bond acceptors (Lipinski definition) is 7. The first-order valence-corrected chi connectivity index (χ1v) is 8.50. The number of rotatable bonds is 5. The summed E-state index contributed by atoms with van der Waals surface area (Å²) in [7, 11) is -3.19. The van der Waals surface area contributed by atoms with Crippen LogP contribution in [0.25, 0.3) is 0 Å². The van der Waals surface area contributed by atoms with Crippen molar-refractivity contribution in [2.24, 2.45) is 5.73 Å². The van der Waals surface area contributed by atoms with Crippen molar-refractivity contribution in [3.8, 4) is 0 Å². The quantitative estimate of drug-likeness (QED) is 0.861. The van der Waals surface area contributed by atoms with Crippen LogP contribution in [-0.4, -0.2) is 37.5 Å². The van der Waals surface area contributed by atoms with Crippen LogP contribution in [0.1, 0.15) is 50.1 Å².